The van der Waals surface area contributed by atoms with Crippen molar-refractivity contribution in [3.63, 3.8) is 0 Å². The van der Waals surface area contributed by atoms with Gasteiger partial charge in [0.05, 0.1) is 11.3 Å². The van der Waals surface area contributed by atoms with Crippen molar-refractivity contribution in [1.82, 2.24) is 10.7 Å². The first-order chi connectivity index (χ1) is 13.4. The highest BCUT2D eigenvalue weighted by Gasteiger charge is 2.40. The third-order valence-corrected chi connectivity index (χ3v) is 4.10. The van der Waals surface area contributed by atoms with Crippen LogP contribution in [0.1, 0.15) is 15.9 Å². The quantitative estimate of drug-likeness (QED) is 0.419. The molecule has 0 bridgehead atoms. The number of rotatable bonds is 4. The summed E-state index contributed by atoms with van der Waals surface area (Å²) in [5, 5.41) is 15.4. The van der Waals surface area contributed by atoms with Gasteiger partial charge in [-0.1, -0.05) is 30.3 Å². The van der Waals surface area contributed by atoms with Crippen LogP contribution < -0.4 is 15.6 Å². The molecule has 9 heteroatoms. The van der Waals surface area contributed by atoms with Crippen LogP contribution in [0, 0.1) is 12.8 Å². The van der Waals surface area contributed by atoms with E-state index in [1.54, 1.807) is 43.3 Å². The van der Waals surface area contributed by atoms with E-state index >= 15 is 0 Å². The van der Waals surface area contributed by atoms with Crippen molar-refractivity contribution in [3.05, 3.63) is 59.7 Å². The van der Waals surface area contributed by atoms with Crippen molar-refractivity contribution in [2.24, 2.45) is 11.0 Å². The lowest BCUT2D eigenvalue weighted by Crippen LogP contribution is -2.59. The number of phenols is 1. The molecule has 1 saturated heterocycles. The second-order valence-electron chi connectivity index (χ2n) is 5.97. The van der Waals surface area contributed by atoms with Crippen LogP contribution in [0.4, 0.5) is 10.5 Å². The fourth-order valence-corrected chi connectivity index (χ4v) is 2.66. The van der Waals surface area contributed by atoms with Gasteiger partial charge in [0.1, 0.15) is 5.75 Å². The zero-order valence-corrected chi connectivity index (χ0v) is 14.7. The monoisotopic (exact) mass is 380 g/mol. The molecule has 28 heavy (non-hydrogen) atoms. The van der Waals surface area contributed by atoms with Crippen LogP contribution in [-0.2, 0) is 9.59 Å². The third-order valence-electron chi connectivity index (χ3n) is 4.10. The summed E-state index contributed by atoms with van der Waals surface area (Å²) in [5.41, 5.74) is 3.13. The standard InChI is InChI=1S/C19H16N4O5/c1-11-6-2-4-8-14(11)23-18(27)13(16(25)21-19(23)28)10-20-22-17(26)12-7-3-5-9-15(12)24/h2-10,13,24H,1H3,(H,22,26)(H,21,25,28). The molecule has 0 spiro atoms. The summed E-state index contributed by atoms with van der Waals surface area (Å²) in [6.45, 7) is 1.72. The van der Waals surface area contributed by atoms with Crippen LogP contribution in [0.15, 0.2) is 53.6 Å². The van der Waals surface area contributed by atoms with Gasteiger partial charge in [-0.05, 0) is 30.7 Å². The minimum Gasteiger partial charge on any atom is -0.507 e. The van der Waals surface area contributed by atoms with E-state index in [9.17, 15) is 24.3 Å². The van der Waals surface area contributed by atoms with Crippen molar-refractivity contribution in [1.29, 1.82) is 0 Å². The first-order valence-corrected chi connectivity index (χ1v) is 8.26. The van der Waals surface area contributed by atoms with Gasteiger partial charge in [-0.15, -0.1) is 0 Å². The van der Waals surface area contributed by atoms with Crippen LogP contribution in [0.25, 0.3) is 0 Å². The topological polar surface area (TPSA) is 128 Å². The first kappa shape index (κ1) is 18.8. The van der Waals surface area contributed by atoms with E-state index in [-0.39, 0.29) is 11.3 Å². The Kier molecular flexibility index (Phi) is 5.16. The normalized spacial score (nSPS) is 17.0. The van der Waals surface area contributed by atoms with Crippen molar-refractivity contribution < 1.29 is 24.3 Å². The van der Waals surface area contributed by atoms with Gasteiger partial charge in [0, 0.05) is 6.21 Å². The number of barbiturate groups is 1. The molecular formula is C19H16N4O5. The SMILES string of the molecule is Cc1ccccc1N1C(=O)NC(=O)C(C=NNC(=O)c2ccccc2O)C1=O. The number of aryl methyl sites for hydroxylation is 1. The van der Waals surface area contributed by atoms with Crippen LogP contribution >= 0.6 is 0 Å². The Labute approximate surface area is 159 Å². The minimum atomic E-state index is -1.40. The summed E-state index contributed by atoms with van der Waals surface area (Å²) in [4.78, 5) is 49.8. The maximum atomic E-state index is 12.7. The van der Waals surface area contributed by atoms with E-state index in [1.807, 2.05) is 0 Å². The third kappa shape index (κ3) is 3.58. The number of imide groups is 2. The van der Waals surface area contributed by atoms with Crippen LogP contribution in [0.3, 0.4) is 0 Å². The van der Waals surface area contributed by atoms with Crippen LogP contribution in [0.5, 0.6) is 5.75 Å². The van der Waals surface area contributed by atoms with Gasteiger partial charge in [-0.25, -0.2) is 15.1 Å². The predicted molar refractivity (Wildman–Crippen MR) is 99.8 cm³/mol. The molecule has 0 aliphatic carbocycles. The van der Waals surface area contributed by atoms with Crippen molar-refractivity contribution >= 4 is 35.7 Å². The Hall–Kier alpha value is -4.01. The molecule has 1 aliphatic rings. The number of carbonyl (C=O) groups excluding carboxylic acids is 4. The molecule has 5 amide bonds. The number of carbonyl (C=O) groups is 4. The summed E-state index contributed by atoms with van der Waals surface area (Å²) < 4.78 is 0. The number of hydrazone groups is 1. The smallest absolute Gasteiger partial charge is 0.335 e. The van der Waals surface area contributed by atoms with Crippen molar-refractivity contribution in [3.8, 4) is 5.75 Å². The summed E-state index contributed by atoms with van der Waals surface area (Å²) in [7, 11) is 0. The Morgan fingerprint density at radius 3 is 2.54 bits per heavy atom. The highest BCUT2D eigenvalue weighted by molar-refractivity contribution is 6.32. The number of aromatic hydroxyl groups is 1. The molecule has 1 aliphatic heterocycles. The number of nitrogens with one attached hydrogen (secondary N) is 2. The van der Waals surface area contributed by atoms with Gasteiger partial charge in [-0.3, -0.25) is 19.7 Å². The molecule has 0 radical (unpaired) electrons. The lowest BCUT2D eigenvalue weighted by atomic mass is 10.0. The van der Waals surface area contributed by atoms with Gasteiger partial charge in [-0.2, -0.15) is 5.10 Å². The average Bonchev–Trinajstić information content (AvgIpc) is 2.66. The van der Waals surface area contributed by atoms with Crippen LogP contribution in [0.2, 0.25) is 0 Å². The average molecular weight is 380 g/mol. The highest BCUT2D eigenvalue weighted by atomic mass is 16.3. The molecule has 3 N–H and O–H groups in total. The first-order valence-electron chi connectivity index (χ1n) is 8.26. The fourth-order valence-electron chi connectivity index (χ4n) is 2.66. The summed E-state index contributed by atoms with van der Waals surface area (Å²) in [6.07, 6.45) is 0.938. The van der Waals surface area contributed by atoms with Gasteiger partial charge in [0.15, 0.2) is 5.92 Å². The molecule has 0 aromatic heterocycles. The Bertz CT molecular complexity index is 1000. The molecule has 3 rings (SSSR count). The molecule has 1 heterocycles. The second kappa shape index (κ2) is 7.70. The predicted octanol–water partition coefficient (Wildman–Crippen LogP) is 1.32. The molecule has 2 aromatic carbocycles. The van der Waals surface area contributed by atoms with E-state index in [0.717, 1.165) is 11.1 Å². The Morgan fingerprint density at radius 2 is 1.82 bits per heavy atom. The number of benzene rings is 2. The largest absolute Gasteiger partial charge is 0.507 e. The second-order valence-corrected chi connectivity index (χ2v) is 5.97. The number of amides is 5. The van der Waals surface area contributed by atoms with E-state index < -0.39 is 29.7 Å². The van der Waals surface area contributed by atoms with Gasteiger partial charge >= 0.3 is 6.03 Å². The summed E-state index contributed by atoms with van der Waals surface area (Å²) in [5.74, 6) is -3.99. The van der Waals surface area contributed by atoms with E-state index in [0.29, 0.717) is 11.3 Å². The van der Waals surface area contributed by atoms with Crippen molar-refractivity contribution in [2.45, 2.75) is 6.92 Å². The molecule has 0 saturated carbocycles. The number of anilines is 1. The van der Waals surface area contributed by atoms with Gasteiger partial charge < -0.3 is 5.11 Å². The number of nitrogens with zero attached hydrogens (tertiary/aromatic N) is 2. The number of hydrogen-bond acceptors (Lipinski definition) is 6. The molecule has 1 fully saturated rings. The van der Waals surface area contributed by atoms with Crippen molar-refractivity contribution in [2.75, 3.05) is 4.90 Å². The molecule has 1 atom stereocenters. The number of phenolic OH excluding ortho intramolecular Hbond substituents is 1. The van der Waals surface area contributed by atoms with E-state index in [1.165, 1.54) is 12.1 Å². The number of urea groups is 1. The maximum absolute atomic E-state index is 12.7. The zero-order valence-electron chi connectivity index (χ0n) is 14.7. The van der Waals surface area contributed by atoms with Gasteiger partial charge in [0.25, 0.3) is 11.8 Å². The molecule has 2 aromatic rings. The molecular weight excluding hydrogens is 364 g/mol. The summed E-state index contributed by atoms with van der Waals surface area (Å²) >= 11 is 0. The summed E-state index contributed by atoms with van der Waals surface area (Å²) in [6, 6.07) is 11.7. The fraction of sp³-hybridized carbons (Fsp3) is 0.105. The molecule has 9 nitrogen and oxygen atoms in total. The molecule has 142 valence electrons. The van der Waals surface area contributed by atoms with E-state index in [4.69, 9.17) is 0 Å². The van der Waals surface area contributed by atoms with Crippen LogP contribution in [-0.4, -0.2) is 35.1 Å². The highest BCUT2D eigenvalue weighted by Crippen LogP contribution is 2.23. The lowest BCUT2D eigenvalue weighted by Gasteiger charge is -2.29. The zero-order chi connectivity index (χ0) is 20.3. The maximum Gasteiger partial charge on any atom is 0.335 e. The van der Waals surface area contributed by atoms with E-state index in [2.05, 4.69) is 15.8 Å². The van der Waals surface area contributed by atoms with Gasteiger partial charge in [0.2, 0.25) is 5.91 Å². The lowest BCUT2D eigenvalue weighted by molar-refractivity contribution is -0.131. The number of hydrogen-bond donors (Lipinski definition) is 3. The molecule has 1 unspecified atom stereocenters. The Balaban J connectivity index is 1.78. The Morgan fingerprint density at radius 1 is 1.14 bits per heavy atom. The minimum absolute atomic E-state index is 0.0178. The number of para-hydroxylation sites is 2.